The van der Waals surface area contributed by atoms with Crippen molar-refractivity contribution in [2.24, 2.45) is 5.10 Å². The lowest BCUT2D eigenvalue weighted by Crippen LogP contribution is -2.15. The molecule has 0 aromatic heterocycles. The van der Waals surface area contributed by atoms with Crippen LogP contribution in [0.3, 0.4) is 0 Å². The van der Waals surface area contributed by atoms with Crippen LogP contribution < -0.4 is 5.01 Å². The first kappa shape index (κ1) is 14.2. The van der Waals surface area contributed by atoms with Gasteiger partial charge in [0, 0.05) is 6.72 Å². The van der Waals surface area contributed by atoms with E-state index in [1.54, 1.807) is 17.1 Å². The molecular formula is C15H19FN2. The molecule has 0 saturated heterocycles. The van der Waals surface area contributed by atoms with Gasteiger partial charge in [-0.1, -0.05) is 11.1 Å². The van der Waals surface area contributed by atoms with Crippen LogP contribution in [0.25, 0.3) is 0 Å². The molecule has 0 N–H and O–H groups in total. The van der Waals surface area contributed by atoms with Crippen molar-refractivity contribution in [3.05, 3.63) is 53.0 Å². The third-order valence-electron chi connectivity index (χ3n) is 2.38. The van der Waals surface area contributed by atoms with Crippen LogP contribution in [0.1, 0.15) is 27.7 Å². The van der Waals surface area contributed by atoms with Crippen molar-refractivity contribution < 1.29 is 4.39 Å². The zero-order valence-electron chi connectivity index (χ0n) is 11.4. The topological polar surface area (TPSA) is 15.6 Å². The van der Waals surface area contributed by atoms with E-state index in [1.165, 1.54) is 17.7 Å². The lowest BCUT2D eigenvalue weighted by Gasteiger charge is -2.21. The van der Waals surface area contributed by atoms with E-state index in [2.05, 4.69) is 11.8 Å². The van der Waals surface area contributed by atoms with E-state index in [4.69, 9.17) is 0 Å². The summed E-state index contributed by atoms with van der Waals surface area (Å²) in [4.78, 5) is 0. The Morgan fingerprint density at radius 3 is 2.11 bits per heavy atom. The van der Waals surface area contributed by atoms with E-state index < -0.39 is 0 Å². The number of benzene rings is 1. The molecule has 0 amide bonds. The summed E-state index contributed by atoms with van der Waals surface area (Å²) in [5.41, 5.74) is 4.03. The number of rotatable bonds is 4. The molecule has 0 unspecified atom stereocenters. The fourth-order valence-electron chi connectivity index (χ4n) is 1.57. The molecule has 0 fully saturated rings. The van der Waals surface area contributed by atoms with Crippen LogP contribution in [0.4, 0.5) is 10.1 Å². The zero-order valence-corrected chi connectivity index (χ0v) is 11.4. The van der Waals surface area contributed by atoms with E-state index in [0.29, 0.717) is 0 Å². The van der Waals surface area contributed by atoms with E-state index in [9.17, 15) is 4.39 Å². The van der Waals surface area contributed by atoms with Gasteiger partial charge in [-0.25, -0.2) is 9.40 Å². The minimum absolute atomic E-state index is 0.260. The summed E-state index contributed by atoms with van der Waals surface area (Å²) in [6.45, 7) is 11.7. The summed E-state index contributed by atoms with van der Waals surface area (Å²) in [7, 11) is 0. The Hall–Kier alpha value is -1.90. The van der Waals surface area contributed by atoms with Gasteiger partial charge in [0.15, 0.2) is 0 Å². The van der Waals surface area contributed by atoms with Crippen molar-refractivity contribution in [2.75, 3.05) is 5.01 Å². The lowest BCUT2D eigenvalue weighted by molar-refractivity contribution is 0.627. The number of hydrogen-bond donors (Lipinski definition) is 0. The molecule has 1 aromatic carbocycles. The van der Waals surface area contributed by atoms with Gasteiger partial charge in [0.1, 0.15) is 5.82 Å². The quantitative estimate of drug-likeness (QED) is 0.433. The average Bonchev–Trinajstić information content (AvgIpc) is 2.30. The van der Waals surface area contributed by atoms with Crippen molar-refractivity contribution in [3.8, 4) is 0 Å². The van der Waals surface area contributed by atoms with Gasteiger partial charge in [-0.15, -0.1) is 0 Å². The Kier molecular flexibility index (Phi) is 4.84. The molecule has 0 bridgehead atoms. The van der Waals surface area contributed by atoms with Crippen molar-refractivity contribution in [3.63, 3.8) is 0 Å². The van der Waals surface area contributed by atoms with E-state index in [-0.39, 0.29) is 5.82 Å². The molecule has 96 valence electrons. The molecule has 1 rings (SSSR count). The highest BCUT2D eigenvalue weighted by Gasteiger charge is 2.10. The molecule has 0 heterocycles. The molecule has 0 spiro atoms. The SMILES string of the molecule is C=NN(C(C=C(C)C)=C(C)C)c1ccc(F)cc1. The zero-order chi connectivity index (χ0) is 13.7. The first-order chi connectivity index (χ1) is 8.45. The van der Waals surface area contributed by atoms with E-state index in [0.717, 1.165) is 17.0 Å². The van der Waals surface area contributed by atoms with Crippen LogP contribution in [0.2, 0.25) is 0 Å². The molecule has 0 atom stereocenters. The second kappa shape index (κ2) is 6.15. The Morgan fingerprint density at radius 1 is 1.17 bits per heavy atom. The minimum atomic E-state index is -0.260. The van der Waals surface area contributed by atoms with Gasteiger partial charge < -0.3 is 0 Å². The molecule has 0 aliphatic carbocycles. The largest absolute Gasteiger partial charge is 0.234 e. The molecule has 1 aromatic rings. The summed E-state index contributed by atoms with van der Waals surface area (Å²) < 4.78 is 12.9. The van der Waals surface area contributed by atoms with Crippen LogP contribution in [0.5, 0.6) is 0 Å². The predicted molar refractivity (Wildman–Crippen MR) is 76.2 cm³/mol. The summed E-state index contributed by atoms with van der Waals surface area (Å²) in [6.07, 6.45) is 2.04. The number of hydrazone groups is 1. The Morgan fingerprint density at radius 2 is 1.72 bits per heavy atom. The highest BCUT2D eigenvalue weighted by atomic mass is 19.1. The first-order valence-electron chi connectivity index (χ1n) is 5.80. The Bertz CT molecular complexity index is 476. The maximum Gasteiger partial charge on any atom is 0.123 e. The van der Waals surface area contributed by atoms with E-state index in [1.807, 2.05) is 33.8 Å². The monoisotopic (exact) mass is 246 g/mol. The van der Waals surface area contributed by atoms with Gasteiger partial charge in [0.25, 0.3) is 0 Å². The van der Waals surface area contributed by atoms with Crippen molar-refractivity contribution in [1.82, 2.24) is 0 Å². The number of allylic oxidation sites excluding steroid dienone is 3. The van der Waals surface area contributed by atoms with E-state index >= 15 is 0 Å². The Balaban J connectivity index is 3.24. The summed E-state index contributed by atoms with van der Waals surface area (Å²) >= 11 is 0. The maximum absolute atomic E-state index is 12.9. The number of halogens is 1. The van der Waals surface area contributed by atoms with Crippen LogP contribution in [0, 0.1) is 5.82 Å². The second-order valence-electron chi connectivity index (χ2n) is 4.54. The molecule has 2 nitrogen and oxygen atoms in total. The second-order valence-corrected chi connectivity index (χ2v) is 4.54. The molecule has 0 aliphatic heterocycles. The van der Waals surface area contributed by atoms with Gasteiger partial charge in [-0.05, 0) is 58.0 Å². The molecule has 0 aliphatic rings. The van der Waals surface area contributed by atoms with Crippen LogP contribution in [0.15, 0.2) is 52.3 Å². The number of hydrogen-bond acceptors (Lipinski definition) is 2. The van der Waals surface area contributed by atoms with Gasteiger partial charge in [-0.2, -0.15) is 5.10 Å². The normalized spacial score (nSPS) is 9.61. The van der Waals surface area contributed by atoms with Crippen LogP contribution in [-0.4, -0.2) is 6.72 Å². The average molecular weight is 246 g/mol. The summed E-state index contributed by atoms with van der Waals surface area (Å²) in [6, 6.07) is 6.20. The third kappa shape index (κ3) is 3.55. The molecule has 0 saturated carbocycles. The fourth-order valence-corrected chi connectivity index (χ4v) is 1.57. The minimum Gasteiger partial charge on any atom is -0.234 e. The van der Waals surface area contributed by atoms with Gasteiger partial charge in [0.05, 0.1) is 11.4 Å². The molecule has 18 heavy (non-hydrogen) atoms. The van der Waals surface area contributed by atoms with Gasteiger partial charge in [-0.3, -0.25) is 0 Å². The Labute approximate surface area is 108 Å². The van der Waals surface area contributed by atoms with Crippen LogP contribution >= 0.6 is 0 Å². The number of nitrogens with zero attached hydrogens (tertiary/aromatic N) is 2. The van der Waals surface area contributed by atoms with Crippen molar-refractivity contribution >= 4 is 12.4 Å². The van der Waals surface area contributed by atoms with Crippen LogP contribution in [-0.2, 0) is 0 Å². The smallest absolute Gasteiger partial charge is 0.123 e. The molecular weight excluding hydrogens is 227 g/mol. The summed E-state index contributed by atoms with van der Waals surface area (Å²) in [5.74, 6) is -0.260. The van der Waals surface area contributed by atoms with Crippen molar-refractivity contribution in [1.29, 1.82) is 0 Å². The first-order valence-corrected chi connectivity index (χ1v) is 5.80. The highest BCUT2D eigenvalue weighted by Crippen LogP contribution is 2.23. The van der Waals surface area contributed by atoms with Gasteiger partial charge >= 0.3 is 0 Å². The fraction of sp³-hybridized carbons (Fsp3) is 0.267. The maximum atomic E-state index is 12.9. The predicted octanol–water partition coefficient (Wildman–Crippen LogP) is 4.51. The highest BCUT2D eigenvalue weighted by molar-refractivity contribution is 5.56. The third-order valence-corrected chi connectivity index (χ3v) is 2.38. The van der Waals surface area contributed by atoms with Gasteiger partial charge in [0.2, 0.25) is 0 Å². The standard InChI is InChI=1S/C15H19FN2/c1-11(2)10-15(12(3)4)18(17-5)14-8-6-13(16)7-9-14/h6-10H,5H2,1-4H3. The molecule has 0 radical (unpaired) electrons. The lowest BCUT2D eigenvalue weighted by atomic mass is 10.1. The molecule has 3 heteroatoms. The summed E-state index contributed by atoms with van der Waals surface area (Å²) in [5, 5.41) is 5.73. The van der Waals surface area contributed by atoms with Crippen molar-refractivity contribution in [2.45, 2.75) is 27.7 Å². The number of anilines is 1.